The lowest BCUT2D eigenvalue weighted by atomic mass is 9.70. The molecule has 1 atom stereocenters. The smallest absolute Gasteiger partial charge is 0.147 e. The van der Waals surface area contributed by atoms with Gasteiger partial charge < -0.3 is 10.3 Å². The summed E-state index contributed by atoms with van der Waals surface area (Å²) in [6.45, 7) is 4.42. The van der Waals surface area contributed by atoms with E-state index in [-0.39, 0.29) is 5.41 Å². The molecule has 2 aromatic rings. The van der Waals surface area contributed by atoms with E-state index in [4.69, 9.17) is 10.3 Å². The van der Waals surface area contributed by atoms with Crippen LogP contribution in [0.1, 0.15) is 35.7 Å². The SMILES string of the molecule is Cc1cccc2c1CCC(C)(c1nocc1N)C2. The second kappa shape index (κ2) is 3.87. The third kappa shape index (κ3) is 1.62. The van der Waals surface area contributed by atoms with E-state index in [1.54, 1.807) is 0 Å². The third-order valence-corrected chi connectivity index (χ3v) is 4.18. The van der Waals surface area contributed by atoms with Crippen LogP contribution in [0.3, 0.4) is 0 Å². The first-order valence-corrected chi connectivity index (χ1v) is 6.38. The number of hydrogen-bond donors (Lipinski definition) is 1. The van der Waals surface area contributed by atoms with Gasteiger partial charge in [-0.25, -0.2) is 0 Å². The minimum atomic E-state index is -0.00211. The van der Waals surface area contributed by atoms with E-state index in [1.165, 1.54) is 23.0 Å². The number of fused-ring (bicyclic) bond motifs is 1. The molecule has 0 amide bonds. The van der Waals surface area contributed by atoms with Gasteiger partial charge in [0.2, 0.25) is 0 Å². The number of nitrogen functional groups attached to an aromatic ring is 1. The lowest BCUT2D eigenvalue weighted by Crippen LogP contribution is -2.31. The molecule has 1 aliphatic rings. The normalized spacial score (nSPS) is 22.8. The zero-order chi connectivity index (χ0) is 12.8. The minimum Gasteiger partial charge on any atom is -0.395 e. The molecule has 1 aliphatic carbocycles. The number of nitrogens with zero attached hydrogens (tertiary/aromatic N) is 1. The zero-order valence-corrected chi connectivity index (χ0v) is 10.9. The molecule has 1 aromatic carbocycles. The van der Waals surface area contributed by atoms with E-state index >= 15 is 0 Å². The Labute approximate surface area is 107 Å². The second-order valence-corrected chi connectivity index (χ2v) is 5.57. The molecule has 18 heavy (non-hydrogen) atoms. The first-order valence-electron chi connectivity index (χ1n) is 6.38. The minimum absolute atomic E-state index is 0.00211. The molecule has 0 fully saturated rings. The molecule has 1 unspecified atom stereocenters. The van der Waals surface area contributed by atoms with Gasteiger partial charge in [0.1, 0.15) is 12.0 Å². The lowest BCUT2D eigenvalue weighted by molar-refractivity contribution is 0.349. The van der Waals surface area contributed by atoms with Gasteiger partial charge in [-0.1, -0.05) is 30.3 Å². The third-order valence-electron chi connectivity index (χ3n) is 4.18. The Balaban J connectivity index is 2.02. The van der Waals surface area contributed by atoms with E-state index in [9.17, 15) is 0 Å². The molecule has 2 N–H and O–H groups in total. The number of benzene rings is 1. The van der Waals surface area contributed by atoms with Crippen molar-refractivity contribution in [2.24, 2.45) is 0 Å². The maximum absolute atomic E-state index is 5.95. The molecular weight excluding hydrogens is 224 g/mol. The second-order valence-electron chi connectivity index (χ2n) is 5.57. The van der Waals surface area contributed by atoms with Gasteiger partial charge in [0, 0.05) is 5.41 Å². The average Bonchev–Trinajstić information content (AvgIpc) is 2.76. The molecule has 0 bridgehead atoms. The summed E-state index contributed by atoms with van der Waals surface area (Å²) in [6.07, 6.45) is 4.68. The van der Waals surface area contributed by atoms with Crippen LogP contribution in [0, 0.1) is 6.92 Å². The van der Waals surface area contributed by atoms with E-state index in [2.05, 4.69) is 37.2 Å². The maximum atomic E-state index is 5.95. The van der Waals surface area contributed by atoms with Crippen molar-refractivity contribution in [1.29, 1.82) is 0 Å². The highest BCUT2D eigenvalue weighted by atomic mass is 16.5. The van der Waals surface area contributed by atoms with Gasteiger partial charge in [0.05, 0.1) is 5.69 Å². The predicted molar refractivity (Wildman–Crippen MR) is 71.5 cm³/mol. The molecule has 0 aliphatic heterocycles. The summed E-state index contributed by atoms with van der Waals surface area (Å²) in [5.74, 6) is 0. The van der Waals surface area contributed by atoms with Gasteiger partial charge in [-0.3, -0.25) is 0 Å². The molecule has 0 saturated carbocycles. The van der Waals surface area contributed by atoms with Crippen LogP contribution >= 0.6 is 0 Å². The predicted octanol–water partition coefficient (Wildman–Crippen LogP) is 3.01. The van der Waals surface area contributed by atoms with Gasteiger partial charge in [-0.2, -0.15) is 0 Å². The van der Waals surface area contributed by atoms with Crippen molar-refractivity contribution in [2.75, 3.05) is 5.73 Å². The van der Waals surface area contributed by atoms with Gasteiger partial charge in [0.25, 0.3) is 0 Å². The molecule has 0 radical (unpaired) electrons. The molecule has 94 valence electrons. The van der Waals surface area contributed by atoms with Crippen molar-refractivity contribution in [3.05, 3.63) is 46.8 Å². The quantitative estimate of drug-likeness (QED) is 0.836. The molecular formula is C15H18N2O. The summed E-state index contributed by atoms with van der Waals surface area (Å²) >= 11 is 0. The van der Waals surface area contributed by atoms with Gasteiger partial charge in [0.15, 0.2) is 0 Å². The molecule has 3 rings (SSSR count). The highest BCUT2D eigenvalue weighted by molar-refractivity contribution is 5.47. The van der Waals surface area contributed by atoms with Gasteiger partial charge in [-0.15, -0.1) is 0 Å². The Morgan fingerprint density at radius 2 is 2.22 bits per heavy atom. The fourth-order valence-electron chi connectivity index (χ4n) is 3.10. The Morgan fingerprint density at radius 3 is 2.94 bits per heavy atom. The number of hydrogen-bond acceptors (Lipinski definition) is 3. The Hall–Kier alpha value is -1.77. The van der Waals surface area contributed by atoms with Crippen molar-refractivity contribution in [1.82, 2.24) is 5.16 Å². The topological polar surface area (TPSA) is 52.0 Å². The van der Waals surface area contributed by atoms with Crippen LogP contribution in [-0.4, -0.2) is 5.16 Å². The van der Waals surface area contributed by atoms with E-state index in [1.807, 2.05) is 0 Å². The fourth-order valence-corrected chi connectivity index (χ4v) is 3.10. The lowest BCUT2D eigenvalue weighted by Gasteiger charge is -2.34. The van der Waals surface area contributed by atoms with E-state index in [0.717, 1.165) is 25.0 Å². The molecule has 0 saturated heterocycles. The van der Waals surface area contributed by atoms with Crippen molar-refractivity contribution in [2.45, 2.75) is 38.5 Å². The van der Waals surface area contributed by atoms with Crippen LogP contribution < -0.4 is 5.73 Å². The summed E-state index contributed by atoms with van der Waals surface area (Å²) in [4.78, 5) is 0. The Morgan fingerprint density at radius 1 is 1.39 bits per heavy atom. The number of nitrogens with two attached hydrogens (primary N) is 1. The van der Waals surface area contributed by atoms with Crippen molar-refractivity contribution >= 4 is 5.69 Å². The Bertz CT molecular complexity index is 588. The van der Waals surface area contributed by atoms with Crippen LogP contribution in [0.2, 0.25) is 0 Å². The van der Waals surface area contributed by atoms with E-state index in [0.29, 0.717) is 5.69 Å². The van der Waals surface area contributed by atoms with Crippen molar-refractivity contribution < 1.29 is 4.52 Å². The van der Waals surface area contributed by atoms with Crippen LogP contribution in [0.5, 0.6) is 0 Å². The molecule has 1 heterocycles. The number of aromatic nitrogens is 1. The maximum Gasteiger partial charge on any atom is 0.147 e. The van der Waals surface area contributed by atoms with Gasteiger partial charge >= 0.3 is 0 Å². The first kappa shape index (κ1) is 11.3. The molecule has 1 aromatic heterocycles. The summed E-state index contributed by atoms with van der Waals surface area (Å²) in [6, 6.07) is 6.54. The zero-order valence-electron chi connectivity index (χ0n) is 10.9. The highest BCUT2D eigenvalue weighted by Gasteiger charge is 2.35. The van der Waals surface area contributed by atoms with E-state index < -0.39 is 0 Å². The van der Waals surface area contributed by atoms with Crippen LogP contribution in [0.25, 0.3) is 0 Å². The first-order chi connectivity index (χ1) is 8.60. The number of aryl methyl sites for hydroxylation is 1. The number of rotatable bonds is 1. The van der Waals surface area contributed by atoms with Crippen LogP contribution in [-0.2, 0) is 18.3 Å². The molecule has 3 nitrogen and oxygen atoms in total. The van der Waals surface area contributed by atoms with Crippen LogP contribution in [0.15, 0.2) is 29.0 Å². The molecule has 0 spiro atoms. The average molecular weight is 242 g/mol. The fraction of sp³-hybridized carbons (Fsp3) is 0.400. The molecule has 3 heteroatoms. The Kier molecular flexibility index (Phi) is 2.44. The monoisotopic (exact) mass is 242 g/mol. The summed E-state index contributed by atoms with van der Waals surface area (Å²) in [7, 11) is 0. The standard InChI is InChI=1S/C15H18N2O/c1-10-4-3-5-11-8-15(2,7-6-12(10)11)14-13(16)9-18-17-14/h3-5,9H,6-8,16H2,1-2H3. The highest BCUT2D eigenvalue weighted by Crippen LogP contribution is 2.40. The van der Waals surface area contributed by atoms with Crippen LogP contribution in [0.4, 0.5) is 5.69 Å². The number of anilines is 1. The van der Waals surface area contributed by atoms with Gasteiger partial charge in [-0.05, 0) is 42.9 Å². The summed E-state index contributed by atoms with van der Waals surface area (Å²) in [5.41, 5.74) is 11.8. The summed E-state index contributed by atoms with van der Waals surface area (Å²) < 4.78 is 5.00. The van der Waals surface area contributed by atoms with Crippen molar-refractivity contribution in [3.8, 4) is 0 Å². The largest absolute Gasteiger partial charge is 0.395 e. The summed E-state index contributed by atoms with van der Waals surface area (Å²) in [5, 5.41) is 4.11. The van der Waals surface area contributed by atoms with Crippen molar-refractivity contribution in [3.63, 3.8) is 0 Å².